The molecule has 0 aromatic heterocycles. The standard InChI is InChI=1S/C16H20N2O2S/c1-2-21(19,20)16-6-4-3-5-15(16)18-12-11-13-7-9-14(17)10-8-13/h3-10,18H,2,11-12,17H2,1H3. The Kier molecular flexibility index (Phi) is 4.85. The molecule has 0 spiro atoms. The Balaban J connectivity index is 2.05. The fraction of sp³-hybridized carbons (Fsp3) is 0.250. The van der Waals surface area contributed by atoms with E-state index in [1.807, 2.05) is 30.3 Å². The van der Waals surface area contributed by atoms with Gasteiger partial charge in [-0.3, -0.25) is 0 Å². The minimum absolute atomic E-state index is 0.101. The van der Waals surface area contributed by atoms with E-state index in [4.69, 9.17) is 5.73 Å². The number of anilines is 2. The highest BCUT2D eigenvalue weighted by molar-refractivity contribution is 7.91. The number of para-hydroxylation sites is 1. The lowest BCUT2D eigenvalue weighted by molar-refractivity contribution is 0.597. The van der Waals surface area contributed by atoms with Crippen molar-refractivity contribution in [2.24, 2.45) is 0 Å². The summed E-state index contributed by atoms with van der Waals surface area (Å²) in [7, 11) is -3.21. The predicted octanol–water partition coefficient (Wildman–Crippen LogP) is 2.72. The summed E-state index contributed by atoms with van der Waals surface area (Å²) in [5.41, 5.74) is 8.21. The Hall–Kier alpha value is -2.01. The van der Waals surface area contributed by atoms with E-state index in [-0.39, 0.29) is 5.75 Å². The molecule has 0 aliphatic carbocycles. The molecule has 21 heavy (non-hydrogen) atoms. The summed E-state index contributed by atoms with van der Waals surface area (Å²) in [4.78, 5) is 0.366. The average Bonchev–Trinajstić information content (AvgIpc) is 2.50. The summed E-state index contributed by atoms with van der Waals surface area (Å²) < 4.78 is 24.1. The maximum Gasteiger partial charge on any atom is 0.180 e. The SMILES string of the molecule is CCS(=O)(=O)c1ccccc1NCCc1ccc(N)cc1. The van der Waals surface area contributed by atoms with Gasteiger partial charge in [-0.2, -0.15) is 0 Å². The molecule has 0 saturated heterocycles. The van der Waals surface area contributed by atoms with E-state index in [2.05, 4.69) is 5.32 Å². The van der Waals surface area contributed by atoms with Crippen LogP contribution < -0.4 is 11.1 Å². The molecule has 0 bridgehead atoms. The lowest BCUT2D eigenvalue weighted by Crippen LogP contribution is -2.11. The van der Waals surface area contributed by atoms with Gasteiger partial charge in [0.05, 0.1) is 16.3 Å². The van der Waals surface area contributed by atoms with Crippen molar-refractivity contribution in [3.05, 3.63) is 54.1 Å². The number of nitrogens with one attached hydrogen (secondary N) is 1. The highest BCUT2D eigenvalue weighted by atomic mass is 32.2. The van der Waals surface area contributed by atoms with E-state index in [0.717, 1.165) is 17.7 Å². The largest absolute Gasteiger partial charge is 0.399 e. The van der Waals surface area contributed by atoms with E-state index < -0.39 is 9.84 Å². The minimum Gasteiger partial charge on any atom is -0.399 e. The van der Waals surface area contributed by atoms with Crippen LogP contribution in [0.4, 0.5) is 11.4 Å². The quantitative estimate of drug-likeness (QED) is 0.805. The molecule has 0 atom stereocenters. The van der Waals surface area contributed by atoms with Gasteiger partial charge in [-0.15, -0.1) is 0 Å². The van der Waals surface area contributed by atoms with Crippen LogP contribution in [-0.4, -0.2) is 20.7 Å². The normalized spacial score (nSPS) is 11.3. The zero-order chi connectivity index (χ0) is 15.3. The fourth-order valence-corrected chi connectivity index (χ4v) is 3.14. The first kappa shape index (κ1) is 15.4. The van der Waals surface area contributed by atoms with Crippen molar-refractivity contribution >= 4 is 21.2 Å². The molecule has 2 rings (SSSR count). The van der Waals surface area contributed by atoms with E-state index in [0.29, 0.717) is 17.1 Å². The van der Waals surface area contributed by atoms with Gasteiger partial charge in [0.25, 0.3) is 0 Å². The molecule has 2 aromatic carbocycles. The van der Waals surface area contributed by atoms with Crippen LogP contribution in [0.15, 0.2) is 53.4 Å². The topological polar surface area (TPSA) is 72.2 Å². The summed E-state index contributed by atoms with van der Waals surface area (Å²) in [5.74, 6) is 0.101. The first-order valence-electron chi connectivity index (χ1n) is 6.93. The van der Waals surface area contributed by atoms with Crippen molar-refractivity contribution in [2.45, 2.75) is 18.2 Å². The average molecular weight is 304 g/mol. The zero-order valence-corrected chi connectivity index (χ0v) is 12.9. The highest BCUT2D eigenvalue weighted by Crippen LogP contribution is 2.22. The molecule has 0 aliphatic heterocycles. The van der Waals surface area contributed by atoms with Crippen molar-refractivity contribution in [2.75, 3.05) is 23.3 Å². The molecule has 0 aliphatic rings. The van der Waals surface area contributed by atoms with Crippen LogP contribution in [0.2, 0.25) is 0 Å². The van der Waals surface area contributed by atoms with Gasteiger partial charge in [-0.25, -0.2) is 8.42 Å². The van der Waals surface area contributed by atoms with Crippen molar-refractivity contribution in [1.82, 2.24) is 0 Å². The Labute approximate surface area is 125 Å². The number of hydrogen-bond donors (Lipinski definition) is 2. The molecule has 0 radical (unpaired) electrons. The smallest absolute Gasteiger partial charge is 0.180 e. The van der Waals surface area contributed by atoms with Gasteiger partial charge in [0.2, 0.25) is 0 Å². The van der Waals surface area contributed by atoms with Crippen LogP contribution in [0.1, 0.15) is 12.5 Å². The van der Waals surface area contributed by atoms with Crippen LogP contribution in [0, 0.1) is 0 Å². The van der Waals surface area contributed by atoms with E-state index in [1.54, 1.807) is 25.1 Å². The minimum atomic E-state index is -3.21. The second-order valence-electron chi connectivity index (χ2n) is 4.82. The zero-order valence-electron chi connectivity index (χ0n) is 12.0. The fourth-order valence-electron chi connectivity index (χ4n) is 2.07. The molecular formula is C16H20N2O2S. The van der Waals surface area contributed by atoms with Crippen LogP contribution in [0.5, 0.6) is 0 Å². The second kappa shape index (κ2) is 6.63. The number of nitrogens with two attached hydrogens (primary N) is 1. The second-order valence-corrected chi connectivity index (χ2v) is 7.06. The van der Waals surface area contributed by atoms with E-state index in [9.17, 15) is 8.42 Å². The first-order chi connectivity index (χ1) is 10.0. The number of hydrogen-bond acceptors (Lipinski definition) is 4. The van der Waals surface area contributed by atoms with E-state index >= 15 is 0 Å². The molecule has 4 nitrogen and oxygen atoms in total. The van der Waals surface area contributed by atoms with Gasteiger partial charge < -0.3 is 11.1 Å². The number of sulfone groups is 1. The summed E-state index contributed by atoms with van der Waals surface area (Å²) in [5, 5.41) is 3.21. The van der Waals surface area contributed by atoms with Gasteiger partial charge in [0.15, 0.2) is 9.84 Å². The molecule has 0 saturated carbocycles. The molecule has 0 amide bonds. The van der Waals surface area contributed by atoms with Crippen molar-refractivity contribution < 1.29 is 8.42 Å². The van der Waals surface area contributed by atoms with Crippen LogP contribution in [0.25, 0.3) is 0 Å². The molecule has 112 valence electrons. The maximum atomic E-state index is 12.0. The Morgan fingerprint density at radius 2 is 1.71 bits per heavy atom. The van der Waals surface area contributed by atoms with Crippen molar-refractivity contribution in [3.8, 4) is 0 Å². The van der Waals surface area contributed by atoms with Crippen LogP contribution >= 0.6 is 0 Å². The number of nitrogen functional groups attached to an aromatic ring is 1. The van der Waals surface area contributed by atoms with Crippen molar-refractivity contribution in [3.63, 3.8) is 0 Å². The van der Waals surface area contributed by atoms with Crippen LogP contribution in [0.3, 0.4) is 0 Å². The molecule has 2 aromatic rings. The molecular weight excluding hydrogens is 284 g/mol. The Bertz CT molecular complexity index is 694. The van der Waals surface area contributed by atoms with Gasteiger partial charge in [0.1, 0.15) is 0 Å². The van der Waals surface area contributed by atoms with Gasteiger partial charge in [-0.1, -0.05) is 31.2 Å². The molecule has 3 N–H and O–H groups in total. The van der Waals surface area contributed by atoms with Gasteiger partial charge in [0, 0.05) is 12.2 Å². The van der Waals surface area contributed by atoms with Crippen molar-refractivity contribution in [1.29, 1.82) is 0 Å². The summed E-state index contributed by atoms with van der Waals surface area (Å²) in [6.45, 7) is 2.32. The Morgan fingerprint density at radius 1 is 1.05 bits per heavy atom. The molecule has 0 unspecified atom stereocenters. The number of benzene rings is 2. The summed E-state index contributed by atoms with van der Waals surface area (Å²) in [6, 6.07) is 14.7. The predicted molar refractivity (Wildman–Crippen MR) is 87.2 cm³/mol. The van der Waals surface area contributed by atoms with Gasteiger partial charge >= 0.3 is 0 Å². The van der Waals surface area contributed by atoms with Crippen LogP contribution in [-0.2, 0) is 16.3 Å². The highest BCUT2D eigenvalue weighted by Gasteiger charge is 2.15. The molecule has 5 heteroatoms. The first-order valence-corrected chi connectivity index (χ1v) is 8.58. The third kappa shape index (κ3) is 3.98. The summed E-state index contributed by atoms with van der Waals surface area (Å²) in [6.07, 6.45) is 0.806. The lowest BCUT2D eigenvalue weighted by atomic mass is 10.1. The third-order valence-corrected chi connectivity index (χ3v) is 5.10. The maximum absolute atomic E-state index is 12.0. The van der Waals surface area contributed by atoms with Gasteiger partial charge in [-0.05, 0) is 36.2 Å². The third-order valence-electron chi connectivity index (χ3n) is 3.31. The monoisotopic (exact) mass is 304 g/mol. The molecule has 0 fully saturated rings. The Morgan fingerprint density at radius 3 is 2.38 bits per heavy atom. The lowest BCUT2D eigenvalue weighted by Gasteiger charge is -2.11. The summed E-state index contributed by atoms with van der Waals surface area (Å²) >= 11 is 0. The molecule has 0 heterocycles. The van der Waals surface area contributed by atoms with E-state index in [1.165, 1.54) is 0 Å². The number of rotatable bonds is 6.